The summed E-state index contributed by atoms with van der Waals surface area (Å²) < 4.78 is 1.28. The SMILES string of the molecule is CC1CCN(Cc2nc3ccccc3s2)C1CCl. The van der Waals surface area contributed by atoms with Crippen molar-refractivity contribution in [1.82, 2.24) is 9.88 Å². The lowest BCUT2D eigenvalue weighted by Gasteiger charge is -2.23. The summed E-state index contributed by atoms with van der Waals surface area (Å²) in [5, 5.41) is 1.21. The molecule has 18 heavy (non-hydrogen) atoms. The largest absolute Gasteiger partial charge is 0.292 e. The summed E-state index contributed by atoms with van der Waals surface area (Å²) in [5.41, 5.74) is 1.12. The van der Waals surface area contributed by atoms with Gasteiger partial charge in [-0.15, -0.1) is 22.9 Å². The Labute approximate surface area is 117 Å². The van der Waals surface area contributed by atoms with Crippen LogP contribution in [-0.4, -0.2) is 28.4 Å². The molecule has 1 fully saturated rings. The molecular weight excluding hydrogens is 264 g/mol. The molecule has 0 spiro atoms. The van der Waals surface area contributed by atoms with Crippen LogP contribution in [0, 0.1) is 5.92 Å². The van der Waals surface area contributed by atoms with Crippen molar-refractivity contribution in [1.29, 1.82) is 0 Å². The van der Waals surface area contributed by atoms with Gasteiger partial charge in [-0.25, -0.2) is 4.98 Å². The van der Waals surface area contributed by atoms with Crippen LogP contribution >= 0.6 is 22.9 Å². The van der Waals surface area contributed by atoms with Gasteiger partial charge in [-0.2, -0.15) is 0 Å². The van der Waals surface area contributed by atoms with Gasteiger partial charge >= 0.3 is 0 Å². The molecule has 0 amide bonds. The van der Waals surface area contributed by atoms with E-state index >= 15 is 0 Å². The Hall–Kier alpha value is -0.640. The van der Waals surface area contributed by atoms with Crippen molar-refractivity contribution >= 4 is 33.2 Å². The fraction of sp³-hybridized carbons (Fsp3) is 0.500. The molecule has 0 aliphatic carbocycles. The Morgan fingerprint density at radius 3 is 3.06 bits per heavy atom. The molecule has 1 aliphatic heterocycles. The Morgan fingerprint density at radius 2 is 2.28 bits per heavy atom. The lowest BCUT2D eigenvalue weighted by Crippen LogP contribution is -2.33. The van der Waals surface area contributed by atoms with Crippen molar-refractivity contribution in [3.8, 4) is 0 Å². The van der Waals surface area contributed by atoms with Gasteiger partial charge < -0.3 is 0 Å². The molecule has 1 aromatic carbocycles. The first kappa shape index (κ1) is 12.4. The maximum absolute atomic E-state index is 6.08. The normalized spacial score (nSPS) is 25.0. The predicted octanol–water partition coefficient (Wildman–Crippen LogP) is 3.75. The molecule has 2 atom stereocenters. The number of benzene rings is 1. The van der Waals surface area contributed by atoms with Crippen LogP contribution in [0.15, 0.2) is 24.3 Å². The second-order valence-corrected chi connectivity index (χ2v) is 6.46. The third-order valence-corrected chi connectivity index (χ3v) is 5.17. The topological polar surface area (TPSA) is 16.1 Å². The third kappa shape index (κ3) is 2.27. The van der Waals surface area contributed by atoms with Gasteiger partial charge in [0.2, 0.25) is 0 Å². The molecule has 0 radical (unpaired) electrons. The number of likely N-dealkylation sites (tertiary alicyclic amines) is 1. The fourth-order valence-electron chi connectivity index (χ4n) is 2.69. The number of fused-ring (bicyclic) bond motifs is 1. The Morgan fingerprint density at radius 1 is 1.44 bits per heavy atom. The van der Waals surface area contributed by atoms with Gasteiger partial charge in [0.05, 0.1) is 16.8 Å². The molecule has 1 saturated heterocycles. The van der Waals surface area contributed by atoms with E-state index in [1.54, 1.807) is 11.3 Å². The minimum atomic E-state index is 0.513. The maximum atomic E-state index is 6.08. The molecule has 1 aliphatic rings. The van der Waals surface area contributed by atoms with Crippen molar-refractivity contribution in [2.24, 2.45) is 5.92 Å². The van der Waals surface area contributed by atoms with E-state index in [4.69, 9.17) is 16.6 Å². The lowest BCUT2D eigenvalue weighted by atomic mass is 10.1. The number of thiazole rings is 1. The Bertz CT molecular complexity index is 506. The van der Waals surface area contributed by atoms with Gasteiger partial charge in [-0.1, -0.05) is 19.1 Å². The monoisotopic (exact) mass is 280 g/mol. The van der Waals surface area contributed by atoms with Crippen molar-refractivity contribution < 1.29 is 0 Å². The highest BCUT2D eigenvalue weighted by atomic mass is 35.5. The van der Waals surface area contributed by atoms with Crippen molar-refractivity contribution in [3.63, 3.8) is 0 Å². The maximum Gasteiger partial charge on any atom is 0.108 e. The average molecular weight is 281 g/mol. The zero-order valence-corrected chi connectivity index (χ0v) is 12.0. The number of hydrogen-bond acceptors (Lipinski definition) is 3. The van der Waals surface area contributed by atoms with Crippen LogP contribution in [-0.2, 0) is 6.54 Å². The number of rotatable bonds is 3. The van der Waals surface area contributed by atoms with Gasteiger partial charge in [-0.05, 0) is 31.0 Å². The average Bonchev–Trinajstić information content (AvgIpc) is 2.93. The summed E-state index contributed by atoms with van der Waals surface area (Å²) in [6.07, 6.45) is 1.25. The minimum absolute atomic E-state index is 0.513. The Balaban J connectivity index is 1.80. The number of hydrogen-bond donors (Lipinski definition) is 0. The van der Waals surface area contributed by atoms with Gasteiger partial charge in [0.25, 0.3) is 0 Å². The van der Waals surface area contributed by atoms with Crippen molar-refractivity contribution in [3.05, 3.63) is 29.3 Å². The molecule has 2 heterocycles. The molecule has 0 bridgehead atoms. The van der Waals surface area contributed by atoms with Crippen LogP contribution < -0.4 is 0 Å². The third-order valence-electron chi connectivity index (χ3n) is 3.83. The molecule has 2 aromatic rings. The molecule has 0 N–H and O–H groups in total. The number of aromatic nitrogens is 1. The standard InChI is InChI=1S/C14H17ClN2S/c1-10-6-7-17(12(10)8-15)9-14-16-11-4-2-3-5-13(11)18-14/h2-5,10,12H,6-9H2,1H3. The molecular formula is C14H17ClN2S. The first-order chi connectivity index (χ1) is 8.78. The second-order valence-electron chi connectivity index (χ2n) is 5.03. The molecule has 2 unspecified atom stereocenters. The quantitative estimate of drug-likeness (QED) is 0.796. The van der Waals surface area contributed by atoms with Gasteiger partial charge in [-0.3, -0.25) is 4.90 Å². The Kier molecular flexibility index (Phi) is 3.55. The van der Waals surface area contributed by atoms with Crippen LogP contribution in [0.25, 0.3) is 10.2 Å². The summed E-state index contributed by atoms with van der Waals surface area (Å²) >= 11 is 7.89. The highest BCUT2D eigenvalue weighted by Crippen LogP contribution is 2.29. The van der Waals surface area contributed by atoms with E-state index in [1.165, 1.54) is 16.1 Å². The number of nitrogens with zero attached hydrogens (tertiary/aromatic N) is 2. The molecule has 1 aromatic heterocycles. The highest BCUT2D eigenvalue weighted by molar-refractivity contribution is 7.18. The first-order valence-electron chi connectivity index (χ1n) is 6.42. The van der Waals surface area contributed by atoms with Crippen LogP contribution in [0.5, 0.6) is 0 Å². The number of para-hydroxylation sites is 1. The summed E-state index contributed by atoms with van der Waals surface area (Å²) in [4.78, 5) is 7.19. The first-order valence-corrected chi connectivity index (χ1v) is 7.77. The summed E-state index contributed by atoms with van der Waals surface area (Å²) in [6.45, 7) is 4.39. The molecule has 96 valence electrons. The van der Waals surface area contributed by atoms with E-state index in [-0.39, 0.29) is 0 Å². The predicted molar refractivity (Wildman–Crippen MR) is 78.3 cm³/mol. The lowest BCUT2D eigenvalue weighted by molar-refractivity contribution is 0.242. The van der Waals surface area contributed by atoms with Gasteiger partial charge in [0, 0.05) is 11.9 Å². The smallest absolute Gasteiger partial charge is 0.108 e. The van der Waals surface area contributed by atoms with Crippen LogP contribution in [0.2, 0.25) is 0 Å². The minimum Gasteiger partial charge on any atom is -0.292 e. The van der Waals surface area contributed by atoms with E-state index in [1.807, 2.05) is 6.07 Å². The molecule has 2 nitrogen and oxygen atoms in total. The number of alkyl halides is 1. The van der Waals surface area contributed by atoms with E-state index < -0.39 is 0 Å². The van der Waals surface area contributed by atoms with E-state index in [9.17, 15) is 0 Å². The second kappa shape index (κ2) is 5.16. The van der Waals surface area contributed by atoms with Crippen LogP contribution in [0.3, 0.4) is 0 Å². The zero-order chi connectivity index (χ0) is 12.5. The molecule has 3 rings (SSSR count). The van der Waals surface area contributed by atoms with Crippen molar-refractivity contribution in [2.75, 3.05) is 12.4 Å². The van der Waals surface area contributed by atoms with Crippen LogP contribution in [0.1, 0.15) is 18.4 Å². The molecule has 4 heteroatoms. The van der Waals surface area contributed by atoms with E-state index in [2.05, 4.69) is 30.0 Å². The fourth-order valence-corrected chi connectivity index (χ4v) is 4.19. The molecule has 0 saturated carbocycles. The summed E-state index contributed by atoms with van der Waals surface area (Å²) in [7, 11) is 0. The van der Waals surface area contributed by atoms with E-state index in [0.29, 0.717) is 12.0 Å². The summed E-state index contributed by atoms with van der Waals surface area (Å²) in [6, 6.07) is 8.86. The highest BCUT2D eigenvalue weighted by Gasteiger charge is 2.30. The van der Waals surface area contributed by atoms with Gasteiger partial charge in [0.1, 0.15) is 5.01 Å². The van der Waals surface area contributed by atoms with E-state index in [0.717, 1.165) is 24.5 Å². The summed E-state index contributed by atoms with van der Waals surface area (Å²) in [5.74, 6) is 1.43. The number of halogens is 1. The van der Waals surface area contributed by atoms with Crippen molar-refractivity contribution in [2.45, 2.75) is 25.9 Å². The zero-order valence-electron chi connectivity index (χ0n) is 10.5. The van der Waals surface area contributed by atoms with Gasteiger partial charge in [0.15, 0.2) is 0 Å². The van der Waals surface area contributed by atoms with Crippen LogP contribution in [0.4, 0.5) is 0 Å².